The standard InChI is InChI=1S/C19H18N2O/c1-13-3-6-18-16(12-22-19(18)9-13)5-4-15-7-8-21-14(2)20-11-17(21)10-15/h3,6-12H,4-5H2,1-2H3. The molecule has 0 spiro atoms. The summed E-state index contributed by atoms with van der Waals surface area (Å²) in [5.41, 5.74) is 5.97. The molecule has 0 N–H and O–H groups in total. The van der Waals surface area contributed by atoms with Crippen molar-refractivity contribution in [1.82, 2.24) is 9.38 Å². The average Bonchev–Trinajstić information content (AvgIpc) is 3.08. The molecule has 0 atom stereocenters. The van der Waals surface area contributed by atoms with Crippen molar-refractivity contribution in [2.24, 2.45) is 0 Å². The molecule has 3 heteroatoms. The second-order valence-electron chi connectivity index (χ2n) is 5.90. The second kappa shape index (κ2) is 5.02. The third kappa shape index (κ3) is 2.19. The molecule has 0 saturated heterocycles. The van der Waals surface area contributed by atoms with E-state index in [1.54, 1.807) is 0 Å². The molecule has 3 aromatic heterocycles. The smallest absolute Gasteiger partial charge is 0.134 e. The van der Waals surface area contributed by atoms with Gasteiger partial charge in [-0.15, -0.1) is 0 Å². The third-order valence-corrected chi connectivity index (χ3v) is 4.28. The summed E-state index contributed by atoms with van der Waals surface area (Å²) in [5, 5.41) is 1.23. The molecule has 0 aliphatic heterocycles. The van der Waals surface area contributed by atoms with E-state index in [9.17, 15) is 0 Å². The van der Waals surface area contributed by atoms with Crippen molar-refractivity contribution in [3.8, 4) is 0 Å². The van der Waals surface area contributed by atoms with Gasteiger partial charge in [-0.3, -0.25) is 0 Å². The Bertz CT molecular complexity index is 962. The van der Waals surface area contributed by atoms with E-state index in [2.05, 4.69) is 52.8 Å². The highest BCUT2D eigenvalue weighted by Crippen LogP contribution is 2.23. The maximum atomic E-state index is 5.68. The minimum Gasteiger partial charge on any atom is -0.464 e. The zero-order valence-corrected chi connectivity index (χ0v) is 12.8. The van der Waals surface area contributed by atoms with Gasteiger partial charge in [-0.05, 0) is 61.6 Å². The summed E-state index contributed by atoms with van der Waals surface area (Å²) in [7, 11) is 0. The van der Waals surface area contributed by atoms with Crippen molar-refractivity contribution in [3.63, 3.8) is 0 Å². The minimum absolute atomic E-state index is 0.983. The van der Waals surface area contributed by atoms with Crippen molar-refractivity contribution < 1.29 is 4.42 Å². The lowest BCUT2D eigenvalue weighted by Crippen LogP contribution is -1.93. The lowest BCUT2D eigenvalue weighted by molar-refractivity contribution is 0.609. The van der Waals surface area contributed by atoms with Gasteiger partial charge in [0, 0.05) is 11.6 Å². The van der Waals surface area contributed by atoms with Gasteiger partial charge in [0.05, 0.1) is 18.0 Å². The van der Waals surface area contributed by atoms with Gasteiger partial charge in [-0.25, -0.2) is 4.98 Å². The van der Waals surface area contributed by atoms with Gasteiger partial charge in [0.1, 0.15) is 11.4 Å². The van der Waals surface area contributed by atoms with Gasteiger partial charge >= 0.3 is 0 Å². The van der Waals surface area contributed by atoms with Gasteiger partial charge in [0.25, 0.3) is 0 Å². The second-order valence-corrected chi connectivity index (χ2v) is 5.90. The highest BCUT2D eigenvalue weighted by Gasteiger charge is 2.07. The highest BCUT2D eigenvalue weighted by atomic mass is 16.3. The Balaban J connectivity index is 1.59. The number of nitrogens with zero attached hydrogens (tertiary/aromatic N) is 2. The van der Waals surface area contributed by atoms with Crippen molar-refractivity contribution >= 4 is 16.5 Å². The van der Waals surface area contributed by atoms with Gasteiger partial charge < -0.3 is 8.82 Å². The minimum atomic E-state index is 0.983. The van der Waals surface area contributed by atoms with Gasteiger partial charge in [-0.2, -0.15) is 0 Å². The summed E-state index contributed by atoms with van der Waals surface area (Å²) >= 11 is 0. The summed E-state index contributed by atoms with van der Waals surface area (Å²) in [6, 6.07) is 10.8. The van der Waals surface area contributed by atoms with Crippen LogP contribution in [0.2, 0.25) is 0 Å². The summed E-state index contributed by atoms with van der Waals surface area (Å²) in [6.07, 6.45) is 7.91. The zero-order valence-electron chi connectivity index (χ0n) is 12.8. The fraction of sp³-hybridized carbons (Fsp3) is 0.211. The first-order valence-corrected chi connectivity index (χ1v) is 7.60. The van der Waals surface area contributed by atoms with Crippen LogP contribution in [0.25, 0.3) is 16.5 Å². The van der Waals surface area contributed by atoms with E-state index in [1.165, 1.54) is 22.1 Å². The maximum Gasteiger partial charge on any atom is 0.134 e. The SMILES string of the molecule is Cc1ccc2c(CCc3ccn4c(C)ncc4c3)coc2c1. The first-order chi connectivity index (χ1) is 10.7. The molecule has 0 unspecified atom stereocenters. The number of furan rings is 1. The largest absolute Gasteiger partial charge is 0.464 e. The molecule has 4 aromatic rings. The molecule has 0 aliphatic rings. The van der Waals surface area contributed by atoms with Crippen LogP contribution in [0.1, 0.15) is 22.5 Å². The topological polar surface area (TPSA) is 30.4 Å². The summed E-state index contributed by atoms with van der Waals surface area (Å²) in [4.78, 5) is 4.34. The van der Waals surface area contributed by atoms with E-state index in [0.717, 1.165) is 29.8 Å². The Labute approximate surface area is 129 Å². The van der Waals surface area contributed by atoms with E-state index in [-0.39, 0.29) is 0 Å². The average molecular weight is 290 g/mol. The molecule has 0 amide bonds. The molecule has 0 aliphatic carbocycles. The molecule has 0 bridgehead atoms. The van der Waals surface area contributed by atoms with Crippen LogP contribution in [-0.4, -0.2) is 9.38 Å². The number of pyridine rings is 1. The Morgan fingerprint density at radius 1 is 1.09 bits per heavy atom. The molecule has 3 nitrogen and oxygen atoms in total. The van der Waals surface area contributed by atoms with Crippen LogP contribution in [-0.2, 0) is 12.8 Å². The number of aromatic nitrogens is 2. The van der Waals surface area contributed by atoms with Gasteiger partial charge in [0.2, 0.25) is 0 Å². The van der Waals surface area contributed by atoms with Crippen molar-refractivity contribution in [2.75, 3.05) is 0 Å². The van der Waals surface area contributed by atoms with E-state index >= 15 is 0 Å². The van der Waals surface area contributed by atoms with Crippen LogP contribution in [0.4, 0.5) is 0 Å². The van der Waals surface area contributed by atoms with Crippen LogP contribution >= 0.6 is 0 Å². The summed E-state index contributed by atoms with van der Waals surface area (Å²) in [6.45, 7) is 4.11. The first-order valence-electron chi connectivity index (χ1n) is 7.60. The molecule has 110 valence electrons. The molecule has 4 rings (SSSR count). The van der Waals surface area contributed by atoms with Crippen LogP contribution in [0.3, 0.4) is 0 Å². The quantitative estimate of drug-likeness (QED) is 0.557. The highest BCUT2D eigenvalue weighted by molar-refractivity contribution is 5.81. The monoisotopic (exact) mass is 290 g/mol. The molecular weight excluding hydrogens is 272 g/mol. The van der Waals surface area contributed by atoms with Crippen LogP contribution < -0.4 is 0 Å². The van der Waals surface area contributed by atoms with Gasteiger partial charge in [-0.1, -0.05) is 12.1 Å². The number of hydrogen-bond donors (Lipinski definition) is 0. The Kier molecular flexibility index (Phi) is 3.00. The fourth-order valence-electron chi connectivity index (χ4n) is 3.00. The number of imidazole rings is 1. The lowest BCUT2D eigenvalue weighted by atomic mass is 10.0. The normalized spacial score (nSPS) is 11.5. The molecule has 0 saturated carbocycles. The van der Waals surface area contributed by atoms with Crippen molar-refractivity contribution in [1.29, 1.82) is 0 Å². The Hall–Kier alpha value is -2.55. The molecule has 22 heavy (non-hydrogen) atoms. The van der Waals surface area contributed by atoms with E-state index in [1.807, 2.05) is 19.4 Å². The molecule has 1 aromatic carbocycles. The molecule has 0 radical (unpaired) electrons. The zero-order chi connectivity index (χ0) is 15.1. The fourth-order valence-corrected chi connectivity index (χ4v) is 3.00. The third-order valence-electron chi connectivity index (χ3n) is 4.28. The number of aryl methyl sites for hydroxylation is 4. The summed E-state index contributed by atoms with van der Waals surface area (Å²) < 4.78 is 7.79. The Morgan fingerprint density at radius 3 is 2.91 bits per heavy atom. The van der Waals surface area contributed by atoms with Crippen LogP contribution in [0, 0.1) is 13.8 Å². The predicted octanol–water partition coefficient (Wildman–Crippen LogP) is 4.48. The molecule has 3 heterocycles. The van der Waals surface area contributed by atoms with Gasteiger partial charge in [0.15, 0.2) is 0 Å². The van der Waals surface area contributed by atoms with Crippen molar-refractivity contribution in [3.05, 3.63) is 71.5 Å². The van der Waals surface area contributed by atoms with E-state index in [4.69, 9.17) is 4.42 Å². The lowest BCUT2D eigenvalue weighted by Gasteiger charge is -2.03. The summed E-state index contributed by atoms with van der Waals surface area (Å²) in [5.74, 6) is 1.03. The molecule has 0 fully saturated rings. The maximum absolute atomic E-state index is 5.68. The van der Waals surface area contributed by atoms with E-state index in [0.29, 0.717) is 0 Å². The predicted molar refractivity (Wildman–Crippen MR) is 88.3 cm³/mol. The molecular formula is C19H18N2O. The van der Waals surface area contributed by atoms with E-state index < -0.39 is 0 Å². The van der Waals surface area contributed by atoms with Crippen molar-refractivity contribution in [2.45, 2.75) is 26.7 Å². The number of rotatable bonds is 3. The number of fused-ring (bicyclic) bond motifs is 2. The number of benzene rings is 1. The van der Waals surface area contributed by atoms with Crippen LogP contribution in [0.5, 0.6) is 0 Å². The first kappa shape index (κ1) is 13.1. The van der Waals surface area contributed by atoms with Crippen LogP contribution in [0.15, 0.2) is 53.4 Å². The Morgan fingerprint density at radius 2 is 2.00 bits per heavy atom. The number of hydrogen-bond acceptors (Lipinski definition) is 2.